The molecule has 1 amide bonds. The van der Waals surface area contributed by atoms with E-state index in [1.54, 1.807) is 11.6 Å². The van der Waals surface area contributed by atoms with Crippen LogP contribution in [0, 0.1) is 28.6 Å². The molecule has 1 aromatic rings. The lowest BCUT2D eigenvalue weighted by Crippen LogP contribution is -2.65. The number of aliphatic hydroxyl groups excluding tert-OH is 2. The zero-order valence-corrected chi connectivity index (χ0v) is 25.4. The standard InChI is InChI=1S/C32H43F3N2O7/c1-30-12-10-19(37(42-3)28-27(40)26(39)24(16-44-28)36-29(41)32(33,34)35)14-18(30)5-6-20-22-8-7-21(17-4-9-25(38)43-15-17)31(22,2)13-11-23(20)30/h4,9,14-15,19-24,26-28,39-40H,5-8,10-13,16H2,1-3H3,(H,36,41). The second kappa shape index (κ2) is 11.5. The molecular weight excluding hydrogens is 581 g/mol. The number of carbonyl (C=O) groups excluding carboxylic acids is 1. The van der Waals surface area contributed by atoms with Crippen molar-refractivity contribution in [3.05, 3.63) is 46.0 Å². The highest BCUT2D eigenvalue weighted by atomic mass is 19.4. The molecule has 12 heteroatoms. The molecule has 0 aromatic carbocycles. The number of ether oxygens (including phenoxy) is 1. The number of carbonyl (C=O) groups is 1. The molecule has 1 aliphatic heterocycles. The molecule has 2 heterocycles. The lowest BCUT2D eigenvalue weighted by molar-refractivity contribution is -0.306. The van der Waals surface area contributed by atoms with E-state index in [9.17, 15) is 33.0 Å². The van der Waals surface area contributed by atoms with E-state index in [1.165, 1.54) is 30.2 Å². The number of hydrogen-bond donors (Lipinski definition) is 3. The maximum absolute atomic E-state index is 12.7. The van der Waals surface area contributed by atoms with E-state index >= 15 is 0 Å². The first-order chi connectivity index (χ1) is 20.8. The quantitative estimate of drug-likeness (QED) is 0.332. The molecule has 11 atom stereocenters. The van der Waals surface area contributed by atoms with Crippen molar-refractivity contribution in [3.8, 4) is 0 Å². The summed E-state index contributed by atoms with van der Waals surface area (Å²) in [4.78, 5) is 28.6. The van der Waals surface area contributed by atoms with Crippen molar-refractivity contribution in [3.63, 3.8) is 0 Å². The number of hydrogen-bond acceptors (Lipinski definition) is 8. The fourth-order valence-corrected chi connectivity index (χ4v) is 9.86. The molecule has 1 aromatic heterocycles. The van der Waals surface area contributed by atoms with Crippen LogP contribution >= 0.6 is 0 Å². The molecule has 4 aliphatic carbocycles. The van der Waals surface area contributed by atoms with Gasteiger partial charge in [-0.05, 0) is 97.5 Å². The summed E-state index contributed by atoms with van der Waals surface area (Å²) in [5.41, 5.74) is 2.35. The Balaban J connectivity index is 1.16. The van der Waals surface area contributed by atoms with Crippen LogP contribution in [0.15, 0.2) is 39.3 Å². The van der Waals surface area contributed by atoms with Crippen LogP contribution in [0.1, 0.15) is 76.7 Å². The van der Waals surface area contributed by atoms with Gasteiger partial charge in [0.25, 0.3) is 0 Å². The van der Waals surface area contributed by atoms with E-state index in [4.69, 9.17) is 14.0 Å². The molecule has 44 heavy (non-hydrogen) atoms. The van der Waals surface area contributed by atoms with Crippen LogP contribution in [0.25, 0.3) is 0 Å². The van der Waals surface area contributed by atoms with Crippen LogP contribution in [0.3, 0.4) is 0 Å². The predicted molar refractivity (Wildman–Crippen MR) is 152 cm³/mol. The Morgan fingerprint density at radius 3 is 2.52 bits per heavy atom. The Morgan fingerprint density at radius 1 is 1.07 bits per heavy atom. The van der Waals surface area contributed by atoms with Crippen LogP contribution in [0.5, 0.6) is 0 Å². The second-order valence-corrected chi connectivity index (χ2v) is 14.0. The Labute approximate surface area is 254 Å². The van der Waals surface area contributed by atoms with Gasteiger partial charge in [0.2, 0.25) is 0 Å². The van der Waals surface area contributed by atoms with E-state index in [0.717, 1.165) is 50.5 Å². The smallest absolute Gasteiger partial charge is 0.431 e. The molecule has 5 aliphatic rings. The first-order valence-electron chi connectivity index (χ1n) is 15.8. The summed E-state index contributed by atoms with van der Waals surface area (Å²) in [6.45, 7) is 4.40. The zero-order chi connectivity index (χ0) is 31.6. The van der Waals surface area contributed by atoms with Gasteiger partial charge in [-0.15, -0.1) is 0 Å². The van der Waals surface area contributed by atoms with Gasteiger partial charge in [0.1, 0.15) is 12.2 Å². The number of aliphatic hydroxyl groups is 2. The van der Waals surface area contributed by atoms with Gasteiger partial charge in [-0.25, -0.2) is 4.79 Å². The second-order valence-electron chi connectivity index (χ2n) is 14.0. The Kier molecular flexibility index (Phi) is 8.31. The Bertz CT molecular complexity index is 1310. The summed E-state index contributed by atoms with van der Waals surface area (Å²) in [5.74, 6) is -0.0682. The summed E-state index contributed by atoms with van der Waals surface area (Å²) in [6.07, 6.45) is 2.53. The van der Waals surface area contributed by atoms with Gasteiger partial charge in [-0.2, -0.15) is 18.2 Å². The van der Waals surface area contributed by atoms with Gasteiger partial charge in [0, 0.05) is 6.07 Å². The van der Waals surface area contributed by atoms with E-state index in [2.05, 4.69) is 19.9 Å². The van der Waals surface area contributed by atoms with Gasteiger partial charge in [-0.3, -0.25) is 9.63 Å². The molecular formula is C32H43F3N2O7. The van der Waals surface area contributed by atoms with Gasteiger partial charge in [0.05, 0.1) is 32.1 Å². The summed E-state index contributed by atoms with van der Waals surface area (Å²) in [7, 11) is 1.44. The maximum Gasteiger partial charge on any atom is 0.471 e. The number of hydroxylamine groups is 2. The minimum atomic E-state index is -5.11. The molecule has 11 unspecified atom stereocenters. The molecule has 9 nitrogen and oxygen atoms in total. The number of rotatable bonds is 5. The zero-order valence-electron chi connectivity index (χ0n) is 25.4. The number of nitrogens with zero attached hydrogens (tertiary/aromatic N) is 1. The van der Waals surface area contributed by atoms with Crippen molar-refractivity contribution in [2.45, 2.75) is 108 Å². The molecule has 3 N–H and O–H groups in total. The van der Waals surface area contributed by atoms with Crippen LogP contribution in [0.4, 0.5) is 13.2 Å². The van der Waals surface area contributed by atoms with Crippen LogP contribution in [0.2, 0.25) is 0 Å². The molecule has 6 rings (SSSR count). The topological polar surface area (TPSA) is 121 Å². The minimum Gasteiger partial charge on any atom is -0.431 e. The van der Waals surface area contributed by atoms with E-state index < -0.39 is 43.2 Å². The highest BCUT2D eigenvalue weighted by molar-refractivity contribution is 5.82. The lowest BCUT2D eigenvalue weighted by atomic mass is 9.46. The van der Waals surface area contributed by atoms with Crippen LogP contribution in [-0.2, 0) is 14.4 Å². The number of fused-ring (bicyclic) bond motifs is 5. The van der Waals surface area contributed by atoms with E-state index in [1.807, 2.05) is 6.07 Å². The number of amides is 1. The summed E-state index contributed by atoms with van der Waals surface area (Å²) in [6, 6.07) is 1.79. The molecule has 1 saturated heterocycles. The third-order valence-corrected chi connectivity index (χ3v) is 12.1. The molecule has 0 spiro atoms. The summed E-state index contributed by atoms with van der Waals surface area (Å²) in [5, 5.41) is 24.6. The van der Waals surface area contributed by atoms with Crippen molar-refractivity contribution >= 4 is 5.91 Å². The Hall–Kier alpha value is -2.25. The van der Waals surface area contributed by atoms with Crippen molar-refractivity contribution in [1.82, 2.24) is 10.4 Å². The summed E-state index contributed by atoms with van der Waals surface area (Å²) >= 11 is 0. The third kappa shape index (κ3) is 5.24. The number of alkyl halides is 3. The average molecular weight is 625 g/mol. The highest BCUT2D eigenvalue weighted by Crippen LogP contribution is 2.68. The monoisotopic (exact) mass is 624 g/mol. The van der Waals surface area contributed by atoms with Gasteiger partial charge in [0.15, 0.2) is 6.23 Å². The highest BCUT2D eigenvalue weighted by Gasteiger charge is 2.59. The molecule has 244 valence electrons. The summed E-state index contributed by atoms with van der Waals surface area (Å²) < 4.78 is 49.2. The van der Waals surface area contributed by atoms with Crippen molar-refractivity contribution in [1.29, 1.82) is 0 Å². The van der Waals surface area contributed by atoms with Crippen molar-refractivity contribution in [2.75, 3.05) is 13.7 Å². The lowest BCUT2D eigenvalue weighted by Gasteiger charge is -2.59. The fraction of sp³-hybridized carbons (Fsp3) is 0.750. The normalized spacial score (nSPS) is 42.2. The van der Waals surface area contributed by atoms with E-state index in [0.29, 0.717) is 23.7 Å². The Morgan fingerprint density at radius 2 is 1.84 bits per heavy atom. The van der Waals surface area contributed by atoms with Crippen LogP contribution < -0.4 is 10.9 Å². The van der Waals surface area contributed by atoms with Gasteiger partial charge in [-0.1, -0.05) is 25.5 Å². The molecule has 4 fully saturated rings. The van der Waals surface area contributed by atoms with Crippen molar-refractivity contribution < 1.29 is 42.2 Å². The van der Waals surface area contributed by atoms with Crippen LogP contribution in [-0.4, -0.2) is 71.6 Å². The minimum absolute atomic E-state index is 0.0241. The molecule has 0 radical (unpaired) electrons. The average Bonchev–Trinajstić information content (AvgIpc) is 3.34. The van der Waals surface area contributed by atoms with Crippen molar-refractivity contribution in [2.24, 2.45) is 28.6 Å². The first-order valence-corrected chi connectivity index (χ1v) is 15.8. The molecule has 0 bridgehead atoms. The first kappa shape index (κ1) is 31.7. The molecule has 3 saturated carbocycles. The largest absolute Gasteiger partial charge is 0.471 e. The maximum atomic E-state index is 12.7. The van der Waals surface area contributed by atoms with Gasteiger partial charge >= 0.3 is 17.7 Å². The number of halogens is 3. The fourth-order valence-electron chi connectivity index (χ4n) is 9.86. The third-order valence-electron chi connectivity index (χ3n) is 12.1. The SMILES string of the molecule is CON(C1C=C2CCC3C(CCC4(C)C(c5ccc(=O)oc5)CCC34)C2(C)CC1)C1OCC(NC(=O)C(F)(F)F)C(O)C1O. The number of allylic oxidation sites excluding steroid dienone is 1. The predicted octanol–water partition coefficient (Wildman–Crippen LogP) is 4.04. The number of nitrogens with one attached hydrogen (secondary N) is 1. The van der Waals surface area contributed by atoms with Gasteiger partial charge < -0.3 is 24.7 Å². The van der Waals surface area contributed by atoms with E-state index in [-0.39, 0.29) is 22.5 Å².